The molecule has 0 spiro atoms. The van der Waals surface area contributed by atoms with E-state index < -0.39 is 0 Å². The predicted molar refractivity (Wildman–Crippen MR) is 119 cm³/mol. The van der Waals surface area contributed by atoms with Crippen LogP contribution < -0.4 is 10.6 Å². The van der Waals surface area contributed by atoms with Gasteiger partial charge in [0.1, 0.15) is 0 Å². The van der Waals surface area contributed by atoms with Gasteiger partial charge in [0.05, 0.1) is 17.6 Å². The summed E-state index contributed by atoms with van der Waals surface area (Å²) in [5, 5.41) is 17.9. The molecule has 154 valence electrons. The van der Waals surface area contributed by atoms with Gasteiger partial charge >= 0.3 is 0 Å². The number of hydrogen-bond donors (Lipinski definition) is 2. The number of benzene rings is 1. The van der Waals surface area contributed by atoms with E-state index in [1.54, 1.807) is 12.1 Å². The Bertz CT molecular complexity index is 691. The Morgan fingerprint density at radius 2 is 2.04 bits per heavy atom. The van der Waals surface area contributed by atoms with Gasteiger partial charge in [-0.2, -0.15) is 0 Å². The number of nitrogens with zero attached hydrogens (tertiary/aromatic N) is 2. The predicted octanol–water partition coefficient (Wildman–Crippen LogP) is 3.62. The molecule has 2 N–H and O–H groups in total. The van der Waals surface area contributed by atoms with Crippen LogP contribution in [0.1, 0.15) is 44.1 Å². The second kappa shape index (κ2) is 9.87. The first-order chi connectivity index (χ1) is 13.2. The van der Waals surface area contributed by atoms with Crippen molar-refractivity contribution in [1.29, 1.82) is 0 Å². The maximum atomic E-state index is 10.8. The van der Waals surface area contributed by atoms with E-state index in [1.165, 1.54) is 37.8 Å². The average Bonchev–Trinajstić information content (AvgIpc) is 3.42. The lowest BCUT2D eigenvalue weighted by atomic mass is 9.95. The molecule has 4 atom stereocenters. The number of hydrogen-bond acceptors (Lipinski definition) is 4. The minimum absolute atomic E-state index is 0. The van der Waals surface area contributed by atoms with Crippen LogP contribution in [0.25, 0.3) is 0 Å². The van der Waals surface area contributed by atoms with E-state index in [9.17, 15) is 10.1 Å². The van der Waals surface area contributed by atoms with Crippen LogP contribution in [-0.4, -0.2) is 36.2 Å². The quantitative estimate of drug-likeness (QED) is 0.205. The zero-order chi connectivity index (χ0) is 18.6. The highest BCUT2D eigenvalue weighted by Gasteiger charge is 2.39. The van der Waals surface area contributed by atoms with Gasteiger partial charge in [-0.3, -0.25) is 10.1 Å². The van der Waals surface area contributed by atoms with Gasteiger partial charge in [0, 0.05) is 31.3 Å². The minimum Gasteiger partial charge on any atom is -0.376 e. The van der Waals surface area contributed by atoms with Crippen LogP contribution in [0, 0.1) is 22.0 Å². The summed E-state index contributed by atoms with van der Waals surface area (Å²) in [7, 11) is 0. The number of nitro groups is 1. The molecular formula is C20H29IN4O3. The molecule has 8 heteroatoms. The fraction of sp³-hybridized carbons (Fsp3) is 0.650. The lowest BCUT2D eigenvalue weighted by molar-refractivity contribution is -0.384. The van der Waals surface area contributed by atoms with Crippen molar-refractivity contribution in [2.75, 3.05) is 13.2 Å². The summed E-state index contributed by atoms with van der Waals surface area (Å²) in [6.45, 7) is 2.12. The van der Waals surface area contributed by atoms with Crippen molar-refractivity contribution >= 4 is 35.6 Å². The van der Waals surface area contributed by atoms with E-state index in [0.29, 0.717) is 12.6 Å². The lowest BCUT2D eigenvalue weighted by Gasteiger charge is -2.26. The largest absolute Gasteiger partial charge is 0.376 e. The molecule has 1 aromatic rings. The number of aliphatic imine (C=N–C) groups is 1. The number of halogens is 1. The van der Waals surface area contributed by atoms with Crippen molar-refractivity contribution in [3.05, 3.63) is 39.9 Å². The molecule has 2 saturated carbocycles. The monoisotopic (exact) mass is 500 g/mol. The Labute approximate surface area is 182 Å². The van der Waals surface area contributed by atoms with Crippen LogP contribution >= 0.6 is 24.0 Å². The molecule has 1 saturated heterocycles. The molecule has 1 heterocycles. The van der Waals surface area contributed by atoms with E-state index in [1.807, 2.05) is 0 Å². The van der Waals surface area contributed by atoms with Crippen LogP contribution in [0.2, 0.25) is 0 Å². The molecule has 2 aliphatic carbocycles. The molecule has 7 nitrogen and oxygen atoms in total. The number of rotatable bonds is 6. The molecule has 4 unspecified atom stereocenters. The second-order valence-corrected chi connectivity index (χ2v) is 8.03. The van der Waals surface area contributed by atoms with Crippen molar-refractivity contribution in [3.8, 4) is 0 Å². The molecule has 1 aliphatic heterocycles. The Morgan fingerprint density at radius 1 is 1.21 bits per heavy atom. The van der Waals surface area contributed by atoms with E-state index in [2.05, 4.69) is 10.6 Å². The van der Waals surface area contributed by atoms with Crippen LogP contribution in [0.5, 0.6) is 0 Å². The Balaban J connectivity index is 0.00000225. The summed E-state index contributed by atoms with van der Waals surface area (Å²) in [4.78, 5) is 15.2. The summed E-state index contributed by atoms with van der Waals surface area (Å²) < 4.78 is 5.71. The van der Waals surface area contributed by atoms with E-state index >= 15 is 0 Å². The normalized spacial score (nSPS) is 28.8. The van der Waals surface area contributed by atoms with Crippen molar-refractivity contribution in [1.82, 2.24) is 10.6 Å². The smallest absolute Gasteiger partial charge is 0.269 e. The summed E-state index contributed by atoms with van der Waals surface area (Å²) in [6.07, 6.45) is 7.77. The third-order valence-corrected chi connectivity index (χ3v) is 6.15. The van der Waals surface area contributed by atoms with Crippen LogP contribution in [0.4, 0.5) is 5.69 Å². The maximum absolute atomic E-state index is 10.8. The fourth-order valence-electron chi connectivity index (χ4n) is 4.66. The fourth-order valence-corrected chi connectivity index (χ4v) is 4.66. The number of guanidine groups is 1. The number of nitro benzene ring substituents is 1. The lowest BCUT2D eigenvalue weighted by Crippen LogP contribution is -2.47. The van der Waals surface area contributed by atoms with Crippen LogP contribution in [-0.2, 0) is 11.3 Å². The Kier molecular flexibility index (Phi) is 7.50. The van der Waals surface area contributed by atoms with Gasteiger partial charge in [-0.25, -0.2) is 4.99 Å². The summed E-state index contributed by atoms with van der Waals surface area (Å²) in [6, 6.07) is 7.13. The standard InChI is InChI=1S/C20H28N4O3.HI/c25-24(26)17-7-4-14(5-8-17)12-21-20(22-13-18-2-1-9-27-18)23-19-11-15-3-6-16(19)10-15;/h4-5,7-8,15-16,18-19H,1-3,6,9-13H2,(H2,21,22,23);1H. The van der Waals surface area contributed by atoms with E-state index in [-0.39, 0.29) is 40.7 Å². The van der Waals surface area contributed by atoms with Gasteiger partial charge in [-0.1, -0.05) is 18.6 Å². The first-order valence-electron chi connectivity index (χ1n) is 10.1. The van der Waals surface area contributed by atoms with E-state index in [4.69, 9.17) is 9.73 Å². The molecule has 1 aromatic carbocycles. The van der Waals surface area contributed by atoms with Gasteiger partial charge in [0.15, 0.2) is 5.96 Å². The molecular weight excluding hydrogens is 471 g/mol. The molecule has 3 aliphatic rings. The molecule has 0 amide bonds. The van der Waals surface area contributed by atoms with E-state index in [0.717, 1.165) is 49.4 Å². The topological polar surface area (TPSA) is 88.8 Å². The Morgan fingerprint density at radius 3 is 2.64 bits per heavy atom. The van der Waals surface area contributed by atoms with Crippen molar-refractivity contribution in [2.24, 2.45) is 16.8 Å². The molecule has 3 fully saturated rings. The van der Waals surface area contributed by atoms with Gasteiger partial charge < -0.3 is 15.4 Å². The number of ether oxygens (including phenoxy) is 1. The summed E-state index contributed by atoms with van der Waals surface area (Å²) >= 11 is 0. The van der Waals surface area contributed by atoms with Crippen LogP contribution in [0.15, 0.2) is 29.3 Å². The van der Waals surface area contributed by atoms with Gasteiger partial charge in [-0.15, -0.1) is 24.0 Å². The number of non-ortho nitro benzene ring substituents is 1. The summed E-state index contributed by atoms with van der Waals surface area (Å²) in [5.41, 5.74) is 1.08. The number of fused-ring (bicyclic) bond motifs is 2. The van der Waals surface area contributed by atoms with Gasteiger partial charge in [0.2, 0.25) is 0 Å². The molecule has 28 heavy (non-hydrogen) atoms. The number of nitrogens with one attached hydrogen (secondary N) is 2. The maximum Gasteiger partial charge on any atom is 0.269 e. The Hall–Kier alpha value is -1.42. The molecule has 0 aromatic heterocycles. The minimum atomic E-state index is -0.377. The molecule has 4 rings (SSSR count). The second-order valence-electron chi connectivity index (χ2n) is 8.03. The van der Waals surface area contributed by atoms with Crippen molar-refractivity contribution < 1.29 is 9.66 Å². The first kappa shape index (κ1) is 21.3. The zero-order valence-corrected chi connectivity index (χ0v) is 18.3. The third-order valence-electron chi connectivity index (χ3n) is 6.15. The highest BCUT2D eigenvalue weighted by Crippen LogP contribution is 2.44. The van der Waals surface area contributed by atoms with Gasteiger partial charge in [0.25, 0.3) is 5.69 Å². The highest BCUT2D eigenvalue weighted by molar-refractivity contribution is 14.0. The third kappa shape index (κ3) is 5.34. The summed E-state index contributed by atoms with van der Waals surface area (Å²) in [5.74, 6) is 2.48. The first-order valence-corrected chi connectivity index (χ1v) is 10.1. The van der Waals surface area contributed by atoms with Crippen molar-refractivity contribution in [2.45, 2.75) is 57.2 Å². The molecule has 0 radical (unpaired) electrons. The van der Waals surface area contributed by atoms with Crippen LogP contribution in [0.3, 0.4) is 0 Å². The van der Waals surface area contributed by atoms with Gasteiger partial charge in [-0.05, 0) is 49.5 Å². The highest BCUT2D eigenvalue weighted by atomic mass is 127. The SMILES string of the molecule is I.O=[N+]([O-])c1ccc(CN=C(NCC2CCCO2)NC2CC3CCC2C3)cc1. The molecule has 2 bridgehead atoms. The zero-order valence-electron chi connectivity index (χ0n) is 16.0. The van der Waals surface area contributed by atoms with Crippen molar-refractivity contribution in [3.63, 3.8) is 0 Å². The average molecular weight is 500 g/mol.